The van der Waals surface area contributed by atoms with E-state index in [1.54, 1.807) is 0 Å². The maximum absolute atomic E-state index is 13.0. The summed E-state index contributed by atoms with van der Waals surface area (Å²) >= 11 is 0. The average molecular weight is 402 g/mol. The summed E-state index contributed by atoms with van der Waals surface area (Å²) in [6.45, 7) is 6.79. The minimum atomic E-state index is -3.67. The number of nitrogens with zero attached hydrogens (tertiary/aromatic N) is 2. The molecule has 0 aliphatic carbocycles. The third kappa shape index (κ3) is 4.60. The molecule has 0 spiro atoms. The van der Waals surface area contributed by atoms with Crippen LogP contribution in [0.2, 0.25) is 0 Å². The lowest BCUT2D eigenvalue weighted by molar-refractivity contribution is -0.116. The van der Waals surface area contributed by atoms with Crippen molar-refractivity contribution in [1.82, 2.24) is 8.61 Å². The van der Waals surface area contributed by atoms with Crippen LogP contribution in [0.4, 0.5) is 5.69 Å². The molecule has 0 aromatic heterocycles. The van der Waals surface area contributed by atoms with Crippen molar-refractivity contribution in [2.75, 3.05) is 25.0 Å². The van der Waals surface area contributed by atoms with E-state index in [4.69, 9.17) is 0 Å². The molecule has 1 fully saturated rings. The Kier molecular flexibility index (Phi) is 6.17. The second kappa shape index (κ2) is 8.43. The van der Waals surface area contributed by atoms with E-state index in [2.05, 4.69) is 5.32 Å². The molecule has 1 aliphatic rings. The van der Waals surface area contributed by atoms with Crippen LogP contribution in [0.5, 0.6) is 0 Å². The third-order valence-electron chi connectivity index (χ3n) is 5.01. The number of anilines is 1. The second-order valence-electron chi connectivity index (χ2n) is 7.33. The first-order chi connectivity index (χ1) is 13.3. The van der Waals surface area contributed by atoms with Gasteiger partial charge in [-0.1, -0.05) is 48.0 Å². The summed E-state index contributed by atoms with van der Waals surface area (Å²) in [7, 11) is -3.67. The molecule has 1 aliphatic heterocycles. The van der Waals surface area contributed by atoms with Gasteiger partial charge in [0, 0.05) is 25.3 Å². The molecular formula is C21H27N3O3S. The molecular weight excluding hydrogens is 374 g/mol. The Balaban J connectivity index is 1.69. The van der Waals surface area contributed by atoms with Crippen molar-refractivity contribution in [1.29, 1.82) is 0 Å². The van der Waals surface area contributed by atoms with E-state index in [-0.39, 0.29) is 12.5 Å². The van der Waals surface area contributed by atoms with Crippen molar-refractivity contribution < 1.29 is 13.2 Å². The molecule has 0 bridgehead atoms. The van der Waals surface area contributed by atoms with Crippen molar-refractivity contribution in [3.05, 3.63) is 64.7 Å². The fourth-order valence-corrected chi connectivity index (χ4v) is 5.03. The summed E-state index contributed by atoms with van der Waals surface area (Å²) in [5, 5.41) is 2.87. The topological polar surface area (TPSA) is 69.7 Å². The van der Waals surface area contributed by atoms with E-state index >= 15 is 0 Å². The summed E-state index contributed by atoms with van der Waals surface area (Å²) in [6, 6.07) is 13.6. The Bertz CT molecular complexity index is 935. The second-order valence-corrected chi connectivity index (χ2v) is 9.26. The smallest absolute Gasteiger partial charge is 0.282 e. The van der Waals surface area contributed by atoms with Gasteiger partial charge >= 0.3 is 0 Å². The highest BCUT2D eigenvalue weighted by atomic mass is 32.2. The summed E-state index contributed by atoms with van der Waals surface area (Å²) in [5.41, 5.74) is 4.73. The van der Waals surface area contributed by atoms with Crippen molar-refractivity contribution in [2.45, 2.75) is 33.7 Å². The molecule has 2 aromatic rings. The summed E-state index contributed by atoms with van der Waals surface area (Å²) in [4.78, 5) is 12.5. The Labute approximate surface area is 167 Å². The largest absolute Gasteiger partial charge is 0.324 e. The van der Waals surface area contributed by atoms with Gasteiger partial charge in [-0.05, 0) is 43.9 Å². The maximum atomic E-state index is 13.0. The number of benzene rings is 2. The number of carbonyl (C=O) groups excluding carboxylic acids is 1. The zero-order valence-corrected chi connectivity index (χ0v) is 17.4. The standard InChI is InChI=1S/C21H27N3O3S/c1-16-8-10-19(11-9-16)14-23-12-5-13-24(28(23,26)27)15-20(25)22-21-17(2)6-4-7-18(21)3/h4,6-11H,5,12-15H2,1-3H3,(H,22,25). The summed E-state index contributed by atoms with van der Waals surface area (Å²) in [5.74, 6) is -0.321. The molecule has 1 amide bonds. The molecule has 1 N–H and O–H groups in total. The van der Waals surface area contributed by atoms with Gasteiger partial charge in [0.1, 0.15) is 0 Å². The lowest BCUT2D eigenvalue weighted by Gasteiger charge is -2.34. The highest BCUT2D eigenvalue weighted by Crippen LogP contribution is 2.22. The molecule has 3 rings (SSSR count). The maximum Gasteiger partial charge on any atom is 0.282 e. The number of rotatable bonds is 5. The Morgan fingerprint density at radius 3 is 2.21 bits per heavy atom. The zero-order valence-electron chi connectivity index (χ0n) is 16.6. The van der Waals surface area contributed by atoms with Crippen LogP contribution >= 0.6 is 0 Å². The third-order valence-corrected chi connectivity index (χ3v) is 6.94. The molecule has 0 saturated carbocycles. The number of hydrogen-bond acceptors (Lipinski definition) is 3. The van der Waals surface area contributed by atoms with Gasteiger partial charge in [-0.15, -0.1) is 0 Å². The summed E-state index contributed by atoms with van der Waals surface area (Å²) in [6.07, 6.45) is 0.696. The van der Waals surface area contributed by atoms with Crippen LogP contribution in [0.25, 0.3) is 0 Å². The van der Waals surface area contributed by atoms with Gasteiger partial charge in [0.2, 0.25) is 5.91 Å². The van der Waals surface area contributed by atoms with E-state index in [1.165, 1.54) is 8.61 Å². The monoisotopic (exact) mass is 401 g/mol. The lowest BCUT2D eigenvalue weighted by Crippen LogP contribution is -2.51. The number of para-hydroxylation sites is 1. The fraction of sp³-hybridized carbons (Fsp3) is 0.381. The van der Waals surface area contributed by atoms with Crippen LogP contribution in [0.1, 0.15) is 28.7 Å². The van der Waals surface area contributed by atoms with Gasteiger partial charge in [-0.25, -0.2) is 0 Å². The van der Waals surface area contributed by atoms with Gasteiger partial charge in [0.05, 0.1) is 6.54 Å². The van der Waals surface area contributed by atoms with E-state index in [1.807, 2.05) is 63.2 Å². The van der Waals surface area contributed by atoms with E-state index < -0.39 is 10.2 Å². The number of hydrogen-bond donors (Lipinski definition) is 1. The van der Waals surface area contributed by atoms with E-state index in [9.17, 15) is 13.2 Å². The normalized spacial score (nSPS) is 17.4. The molecule has 0 unspecified atom stereocenters. The quantitative estimate of drug-likeness (QED) is 0.837. The van der Waals surface area contributed by atoms with Crippen LogP contribution in [-0.4, -0.2) is 42.6 Å². The van der Waals surface area contributed by atoms with Gasteiger partial charge in [0.25, 0.3) is 10.2 Å². The first-order valence-electron chi connectivity index (χ1n) is 9.44. The van der Waals surface area contributed by atoms with Crippen molar-refractivity contribution in [2.24, 2.45) is 0 Å². The van der Waals surface area contributed by atoms with Gasteiger partial charge in [0.15, 0.2) is 0 Å². The van der Waals surface area contributed by atoms with Crippen LogP contribution in [-0.2, 0) is 21.5 Å². The zero-order chi connectivity index (χ0) is 20.3. The summed E-state index contributed by atoms with van der Waals surface area (Å²) < 4.78 is 28.7. The molecule has 7 heteroatoms. The Morgan fingerprint density at radius 2 is 1.57 bits per heavy atom. The molecule has 28 heavy (non-hydrogen) atoms. The van der Waals surface area contributed by atoms with Crippen LogP contribution in [0.3, 0.4) is 0 Å². The number of nitrogens with one attached hydrogen (secondary N) is 1. The first-order valence-corrected chi connectivity index (χ1v) is 10.8. The first kappa shape index (κ1) is 20.5. The SMILES string of the molecule is Cc1ccc(CN2CCCN(CC(=O)Nc3c(C)cccc3C)S2(=O)=O)cc1. The minimum Gasteiger partial charge on any atom is -0.324 e. The minimum absolute atomic E-state index is 0.180. The molecule has 150 valence electrons. The van der Waals surface area contributed by atoms with Gasteiger partial charge < -0.3 is 5.32 Å². The fourth-order valence-electron chi connectivity index (χ4n) is 3.39. The number of amides is 1. The molecule has 0 radical (unpaired) electrons. The number of carbonyl (C=O) groups is 1. The Morgan fingerprint density at radius 1 is 0.964 bits per heavy atom. The predicted octanol–water partition coefficient (Wildman–Crippen LogP) is 3.00. The molecule has 1 saturated heterocycles. The van der Waals surface area contributed by atoms with Crippen molar-refractivity contribution in [3.63, 3.8) is 0 Å². The molecule has 6 nitrogen and oxygen atoms in total. The highest BCUT2D eigenvalue weighted by Gasteiger charge is 2.34. The van der Waals surface area contributed by atoms with Crippen molar-refractivity contribution in [3.8, 4) is 0 Å². The van der Waals surface area contributed by atoms with E-state index in [0.29, 0.717) is 26.1 Å². The predicted molar refractivity (Wildman–Crippen MR) is 111 cm³/mol. The van der Waals surface area contributed by atoms with Gasteiger partial charge in [-0.3, -0.25) is 4.79 Å². The highest BCUT2D eigenvalue weighted by molar-refractivity contribution is 7.86. The van der Waals surface area contributed by atoms with E-state index in [0.717, 1.165) is 27.9 Å². The Hall–Kier alpha value is -2.22. The average Bonchev–Trinajstić information content (AvgIpc) is 2.64. The van der Waals surface area contributed by atoms with Crippen LogP contribution < -0.4 is 5.32 Å². The molecule has 2 aromatic carbocycles. The van der Waals surface area contributed by atoms with Crippen LogP contribution in [0, 0.1) is 20.8 Å². The lowest BCUT2D eigenvalue weighted by atomic mass is 10.1. The molecule has 1 heterocycles. The number of aryl methyl sites for hydroxylation is 3. The van der Waals surface area contributed by atoms with Gasteiger partial charge in [-0.2, -0.15) is 17.0 Å². The van der Waals surface area contributed by atoms with Crippen molar-refractivity contribution >= 4 is 21.8 Å². The van der Waals surface area contributed by atoms with Crippen LogP contribution in [0.15, 0.2) is 42.5 Å². The molecule has 0 atom stereocenters.